The first-order chi connectivity index (χ1) is 12.3. The van der Waals surface area contributed by atoms with Gasteiger partial charge >= 0.3 is 0 Å². The standard InChI is InChI=1S/C20H26N4O.HI/c1-2-12-25-19-11-10-15(13-22-19)14-23-20(21)24-18-9-5-7-16-6-3-4-8-17(16)18;/h5,7,9-11,13H,2-4,6,8,12,14H2,1H3,(H3,21,23,24);1H. The van der Waals surface area contributed by atoms with Gasteiger partial charge in [-0.2, -0.15) is 0 Å². The Balaban J connectivity index is 0.00000243. The number of fused-ring (bicyclic) bond motifs is 1. The van der Waals surface area contributed by atoms with Gasteiger partial charge in [0.15, 0.2) is 5.96 Å². The van der Waals surface area contributed by atoms with Crippen LogP contribution in [0.1, 0.15) is 42.9 Å². The molecule has 3 N–H and O–H groups in total. The number of guanidine groups is 1. The molecule has 2 aromatic rings. The number of anilines is 1. The van der Waals surface area contributed by atoms with Crippen molar-refractivity contribution in [3.8, 4) is 5.88 Å². The molecule has 0 spiro atoms. The monoisotopic (exact) mass is 466 g/mol. The lowest BCUT2D eigenvalue weighted by atomic mass is 9.90. The summed E-state index contributed by atoms with van der Waals surface area (Å²) in [7, 11) is 0. The zero-order valence-corrected chi connectivity index (χ0v) is 17.5. The zero-order valence-electron chi connectivity index (χ0n) is 15.2. The molecule has 0 saturated carbocycles. The van der Waals surface area contributed by atoms with Gasteiger partial charge in [0.2, 0.25) is 5.88 Å². The zero-order chi connectivity index (χ0) is 17.5. The Hall–Kier alpha value is -1.83. The van der Waals surface area contributed by atoms with Crippen LogP contribution in [0.15, 0.2) is 41.5 Å². The SMILES string of the molecule is CCCOc1ccc(CN=C(N)Nc2cccc3c2CCCC3)cn1.I. The molecule has 0 aliphatic heterocycles. The lowest BCUT2D eigenvalue weighted by Crippen LogP contribution is -2.24. The highest BCUT2D eigenvalue weighted by molar-refractivity contribution is 14.0. The molecule has 0 fully saturated rings. The van der Waals surface area contributed by atoms with Gasteiger partial charge in [0, 0.05) is 18.0 Å². The molecule has 5 nitrogen and oxygen atoms in total. The van der Waals surface area contributed by atoms with Crippen LogP contribution >= 0.6 is 24.0 Å². The van der Waals surface area contributed by atoms with Gasteiger partial charge < -0.3 is 15.8 Å². The number of aliphatic imine (C=N–C) groups is 1. The third-order valence-electron chi connectivity index (χ3n) is 4.34. The van der Waals surface area contributed by atoms with Crippen molar-refractivity contribution in [1.29, 1.82) is 0 Å². The molecule has 0 amide bonds. The number of rotatable bonds is 6. The van der Waals surface area contributed by atoms with Crippen molar-refractivity contribution in [2.75, 3.05) is 11.9 Å². The minimum Gasteiger partial charge on any atom is -0.478 e. The first-order valence-electron chi connectivity index (χ1n) is 9.01. The molecule has 1 aromatic heterocycles. The second-order valence-corrected chi connectivity index (χ2v) is 6.33. The maximum absolute atomic E-state index is 6.08. The number of ether oxygens (including phenoxy) is 1. The van der Waals surface area contributed by atoms with E-state index in [4.69, 9.17) is 10.5 Å². The summed E-state index contributed by atoms with van der Waals surface area (Å²) in [5.74, 6) is 1.09. The summed E-state index contributed by atoms with van der Waals surface area (Å²) in [5, 5.41) is 3.26. The highest BCUT2D eigenvalue weighted by Crippen LogP contribution is 2.27. The third kappa shape index (κ3) is 5.59. The van der Waals surface area contributed by atoms with Crippen LogP contribution in [0.25, 0.3) is 0 Å². The Morgan fingerprint density at radius 1 is 1.23 bits per heavy atom. The molecule has 140 valence electrons. The van der Waals surface area contributed by atoms with Crippen LogP contribution in [0, 0.1) is 0 Å². The van der Waals surface area contributed by atoms with Crippen molar-refractivity contribution in [2.24, 2.45) is 10.7 Å². The second-order valence-electron chi connectivity index (χ2n) is 6.33. The first-order valence-corrected chi connectivity index (χ1v) is 9.01. The molecule has 26 heavy (non-hydrogen) atoms. The number of nitrogens with two attached hydrogens (primary N) is 1. The molecule has 1 aromatic carbocycles. The van der Waals surface area contributed by atoms with E-state index in [0.29, 0.717) is 25.0 Å². The van der Waals surface area contributed by atoms with Crippen LogP contribution in [-0.4, -0.2) is 17.6 Å². The van der Waals surface area contributed by atoms with Crippen LogP contribution in [0.3, 0.4) is 0 Å². The predicted molar refractivity (Wildman–Crippen MR) is 117 cm³/mol. The quantitative estimate of drug-likeness (QED) is 0.379. The van der Waals surface area contributed by atoms with Crippen LogP contribution in [0.5, 0.6) is 5.88 Å². The topological polar surface area (TPSA) is 72.5 Å². The molecule has 1 heterocycles. The largest absolute Gasteiger partial charge is 0.478 e. The Morgan fingerprint density at radius 3 is 2.85 bits per heavy atom. The van der Waals surface area contributed by atoms with Gasteiger partial charge in [-0.15, -0.1) is 24.0 Å². The summed E-state index contributed by atoms with van der Waals surface area (Å²) in [4.78, 5) is 8.72. The lowest BCUT2D eigenvalue weighted by molar-refractivity contribution is 0.305. The molecular weight excluding hydrogens is 439 g/mol. The summed E-state index contributed by atoms with van der Waals surface area (Å²) in [6.45, 7) is 3.25. The first kappa shape index (κ1) is 20.5. The minimum atomic E-state index is 0. The van der Waals surface area contributed by atoms with E-state index in [0.717, 1.165) is 30.5 Å². The maximum Gasteiger partial charge on any atom is 0.213 e. The molecule has 6 heteroatoms. The molecule has 3 rings (SSSR count). The van der Waals surface area contributed by atoms with Crippen molar-refractivity contribution in [1.82, 2.24) is 4.98 Å². The smallest absolute Gasteiger partial charge is 0.213 e. The highest BCUT2D eigenvalue weighted by atomic mass is 127. The average Bonchev–Trinajstić information content (AvgIpc) is 2.66. The fourth-order valence-corrected chi connectivity index (χ4v) is 3.05. The number of hydrogen-bond donors (Lipinski definition) is 2. The number of nitrogens with one attached hydrogen (secondary N) is 1. The van der Waals surface area contributed by atoms with Gasteiger partial charge in [0.05, 0.1) is 13.2 Å². The van der Waals surface area contributed by atoms with E-state index < -0.39 is 0 Å². The van der Waals surface area contributed by atoms with Crippen molar-refractivity contribution in [3.05, 3.63) is 53.2 Å². The van der Waals surface area contributed by atoms with Crippen LogP contribution in [0.4, 0.5) is 5.69 Å². The second kappa shape index (κ2) is 10.4. The molecular formula is C20H27IN4O. The summed E-state index contributed by atoms with van der Waals surface area (Å²) >= 11 is 0. The molecule has 0 atom stereocenters. The summed E-state index contributed by atoms with van der Waals surface area (Å²) < 4.78 is 5.48. The van der Waals surface area contributed by atoms with E-state index in [1.165, 1.54) is 24.0 Å². The van der Waals surface area contributed by atoms with E-state index in [-0.39, 0.29) is 24.0 Å². The van der Waals surface area contributed by atoms with Gasteiger partial charge in [-0.25, -0.2) is 9.98 Å². The molecule has 1 aliphatic carbocycles. The summed E-state index contributed by atoms with van der Waals surface area (Å²) in [6, 6.07) is 10.2. The highest BCUT2D eigenvalue weighted by Gasteiger charge is 2.13. The van der Waals surface area contributed by atoms with E-state index in [1.54, 1.807) is 6.20 Å². The van der Waals surface area contributed by atoms with E-state index >= 15 is 0 Å². The number of nitrogens with zero attached hydrogens (tertiary/aromatic N) is 2. The molecule has 0 radical (unpaired) electrons. The number of aryl methyl sites for hydroxylation is 1. The molecule has 0 saturated heterocycles. The fourth-order valence-electron chi connectivity index (χ4n) is 3.05. The average molecular weight is 466 g/mol. The number of aromatic nitrogens is 1. The van der Waals surface area contributed by atoms with Crippen LogP contribution < -0.4 is 15.8 Å². The van der Waals surface area contributed by atoms with E-state index in [1.807, 2.05) is 12.1 Å². The molecule has 0 unspecified atom stereocenters. The van der Waals surface area contributed by atoms with Crippen molar-refractivity contribution in [2.45, 2.75) is 45.6 Å². The Kier molecular flexibility index (Phi) is 8.15. The van der Waals surface area contributed by atoms with Crippen molar-refractivity contribution >= 4 is 35.6 Å². The van der Waals surface area contributed by atoms with E-state index in [2.05, 4.69) is 40.4 Å². The number of pyridine rings is 1. The van der Waals surface area contributed by atoms with Gasteiger partial charge in [-0.3, -0.25) is 0 Å². The fraction of sp³-hybridized carbons (Fsp3) is 0.400. The molecule has 1 aliphatic rings. The van der Waals surface area contributed by atoms with Gasteiger partial charge in [0.1, 0.15) is 0 Å². The van der Waals surface area contributed by atoms with Crippen LogP contribution in [0.2, 0.25) is 0 Å². The minimum absolute atomic E-state index is 0. The van der Waals surface area contributed by atoms with Gasteiger partial charge in [-0.1, -0.05) is 25.1 Å². The Morgan fingerprint density at radius 2 is 2.08 bits per heavy atom. The maximum atomic E-state index is 6.08. The lowest BCUT2D eigenvalue weighted by Gasteiger charge is -2.19. The molecule has 0 bridgehead atoms. The normalized spacial score (nSPS) is 13.5. The van der Waals surface area contributed by atoms with Crippen LogP contribution in [-0.2, 0) is 19.4 Å². The van der Waals surface area contributed by atoms with Gasteiger partial charge in [0.25, 0.3) is 0 Å². The summed E-state index contributed by atoms with van der Waals surface area (Å²) in [6.07, 6.45) is 7.52. The van der Waals surface area contributed by atoms with Crippen molar-refractivity contribution < 1.29 is 4.74 Å². The van der Waals surface area contributed by atoms with Crippen molar-refractivity contribution in [3.63, 3.8) is 0 Å². The summed E-state index contributed by atoms with van der Waals surface area (Å²) in [5.41, 5.74) is 11.0. The number of hydrogen-bond acceptors (Lipinski definition) is 3. The third-order valence-corrected chi connectivity index (χ3v) is 4.34. The predicted octanol–water partition coefficient (Wildman–Crippen LogP) is 4.29. The Bertz CT molecular complexity index is 731. The Labute approximate surface area is 172 Å². The number of halogens is 1. The van der Waals surface area contributed by atoms with E-state index in [9.17, 15) is 0 Å². The number of benzene rings is 1. The van der Waals surface area contributed by atoms with Gasteiger partial charge in [-0.05, 0) is 54.9 Å².